The summed E-state index contributed by atoms with van der Waals surface area (Å²) in [5.74, 6) is 0.705. The molecular formula is C10H22N2O. The maximum absolute atomic E-state index is 5.49. The minimum absolute atomic E-state index is 0.382. The highest BCUT2D eigenvalue weighted by molar-refractivity contribution is 4.78. The van der Waals surface area contributed by atoms with Crippen molar-refractivity contribution in [1.82, 2.24) is 10.2 Å². The van der Waals surface area contributed by atoms with Crippen LogP contribution in [0.4, 0.5) is 0 Å². The Labute approximate surface area is 81.4 Å². The van der Waals surface area contributed by atoms with Gasteiger partial charge in [0, 0.05) is 20.2 Å². The van der Waals surface area contributed by atoms with Crippen LogP contribution in [0, 0.1) is 5.92 Å². The van der Waals surface area contributed by atoms with Crippen molar-refractivity contribution in [3.63, 3.8) is 0 Å². The van der Waals surface area contributed by atoms with Crippen LogP contribution in [0.15, 0.2) is 0 Å². The molecule has 0 aromatic rings. The summed E-state index contributed by atoms with van der Waals surface area (Å²) in [4.78, 5) is 2.40. The molecule has 1 heterocycles. The Bertz CT molecular complexity index is 141. The lowest BCUT2D eigenvalue weighted by molar-refractivity contribution is 0.0227. The van der Waals surface area contributed by atoms with Crippen molar-refractivity contribution in [1.29, 1.82) is 0 Å². The summed E-state index contributed by atoms with van der Waals surface area (Å²) in [6.45, 7) is 3.39. The highest BCUT2D eigenvalue weighted by Crippen LogP contribution is 2.19. The Balaban J connectivity index is 2.37. The van der Waals surface area contributed by atoms with E-state index in [1.165, 1.54) is 25.9 Å². The number of likely N-dealkylation sites (tertiary alicyclic amines) is 1. The van der Waals surface area contributed by atoms with Gasteiger partial charge in [0.25, 0.3) is 0 Å². The number of methoxy groups -OCH3 is 1. The maximum atomic E-state index is 5.49. The quantitative estimate of drug-likeness (QED) is 0.694. The zero-order valence-electron chi connectivity index (χ0n) is 9.05. The van der Waals surface area contributed by atoms with Crippen LogP contribution < -0.4 is 5.32 Å². The fourth-order valence-electron chi connectivity index (χ4n) is 2.15. The van der Waals surface area contributed by atoms with Crippen LogP contribution in [0.2, 0.25) is 0 Å². The molecule has 2 atom stereocenters. The smallest absolute Gasteiger partial charge is 0.0735 e. The van der Waals surface area contributed by atoms with E-state index in [0.717, 1.165) is 6.54 Å². The third-order valence-electron chi connectivity index (χ3n) is 2.89. The predicted octanol–water partition coefficient (Wildman–Crippen LogP) is 0.563. The largest absolute Gasteiger partial charge is 0.380 e. The number of nitrogens with zero attached hydrogens (tertiary/aromatic N) is 1. The lowest BCUT2D eigenvalue weighted by Crippen LogP contribution is -2.42. The molecule has 1 N–H and O–H groups in total. The summed E-state index contributed by atoms with van der Waals surface area (Å²) in [5.41, 5.74) is 0. The first kappa shape index (κ1) is 11.0. The second-order valence-corrected chi connectivity index (χ2v) is 4.00. The first-order valence-electron chi connectivity index (χ1n) is 5.14. The van der Waals surface area contributed by atoms with Crippen molar-refractivity contribution in [2.24, 2.45) is 5.92 Å². The van der Waals surface area contributed by atoms with Crippen LogP contribution >= 0.6 is 0 Å². The molecule has 3 nitrogen and oxygen atoms in total. The third-order valence-corrected chi connectivity index (χ3v) is 2.89. The van der Waals surface area contributed by atoms with Crippen molar-refractivity contribution in [2.75, 3.05) is 40.8 Å². The Morgan fingerprint density at radius 2 is 2.38 bits per heavy atom. The molecule has 0 radical (unpaired) electrons. The van der Waals surface area contributed by atoms with Gasteiger partial charge < -0.3 is 15.0 Å². The molecule has 0 aliphatic carbocycles. The van der Waals surface area contributed by atoms with Crippen molar-refractivity contribution >= 4 is 0 Å². The SMILES string of the molecule is CNCC(OC)C1CCCN(C)C1. The highest BCUT2D eigenvalue weighted by Gasteiger charge is 2.24. The van der Waals surface area contributed by atoms with E-state index < -0.39 is 0 Å². The molecule has 1 rings (SSSR count). The zero-order valence-corrected chi connectivity index (χ0v) is 9.05. The topological polar surface area (TPSA) is 24.5 Å². The molecule has 1 aliphatic heterocycles. The molecule has 1 fully saturated rings. The summed E-state index contributed by atoms with van der Waals surface area (Å²) in [6, 6.07) is 0. The van der Waals surface area contributed by atoms with E-state index in [2.05, 4.69) is 17.3 Å². The van der Waals surface area contributed by atoms with E-state index in [9.17, 15) is 0 Å². The Morgan fingerprint density at radius 3 is 2.92 bits per heavy atom. The molecule has 0 amide bonds. The van der Waals surface area contributed by atoms with E-state index in [-0.39, 0.29) is 0 Å². The first-order chi connectivity index (χ1) is 6.27. The highest BCUT2D eigenvalue weighted by atomic mass is 16.5. The standard InChI is InChI=1S/C10H22N2O/c1-11-7-10(13-3)9-5-4-6-12(2)8-9/h9-11H,4-8H2,1-3H3. The van der Waals surface area contributed by atoms with Gasteiger partial charge in [-0.15, -0.1) is 0 Å². The second-order valence-electron chi connectivity index (χ2n) is 4.00. The van der Waals surface area contributed by atoms with Crippen LogP contribution in [0.25, 0.3) is 0 Å². The number of hydrogen-bond donors (Lipinski definition) is 1. The fraction of sp³-hybridized carbons (Fsp3) is 1.00. The lowest BCUT2D eigenvalue weighted by Gasteiger charge is -2.34. The number of ether oxygens (including phenoxy) is 1. The van der Waals surface area contributed by atoms with E-state index in [1.807, 2.05) is 14.2 Å². The summed E-state index contributed by atoms with van der Waals surface area (Å²) >= 11 is 0. The summed E-state index contributed by atoms with van der Waals surface area (Å²) in [7, 11) is 5.99. The van der Waals surface area contributed by atoms with Gasteiger partial charge in [0.05, 0.1) is 6.10 Å². The molecule has 1 saturated heterocycles. The molecule has 78 valence electrons. The van der Waals surface area contributed by atoms with Crippen LogP contribution in [0.5, 0.6) is 0 Å². The van der Waals surface area contributed by atoms with Gasteiger partial charge in [-0.25, -0.2) is 0 Å². The van der Waals surface area contributed by atoms with E-state index in [4.69, 9.17) is 4.74 Å². The maximum Gasteiger partial charge on any atom is 0.0735 e. The molecule has 0 bridgehead atoms. The molecule has 2 unspecified atom stereocenters. The molecule has 0 saturated carbocycles. The van der Waals surface area contributed by atoms with Crippen molar-refractivity contribution < 1.29 is 4.74 Å². The number of likely N-dealkylation sites (N-methyl/N-ethyl adjacent to an activating group) is 1. The van der Waals surface area contributed by atoms with Crippen molar-refractivity contribution in [2.45, 2.75) is 18.9 Å². The second kappa shape index (κ2) is 5.58. The minimum atomic E-state index is 0.382. The summed E-state index contributed by atoms with van der Waals surface area (Å²) in [5, 5.41) is 3.19. The lowest BCUT2D eigenvalue weighted by atomic mass is 9.92. The number of piperidine rings is 1. The van der Waals surface area contributed by atoms with Crippen molar-refractivity contribution in [3.8, 4) is 0 Å². The summed E-state index contributed by atoms with van der Waals surface area (Å²) in [6.07, 6.45) is 3.00. The van der Waals surface area contributed by atoms with Gasteiger partial charge in [-0.1, -0.05) is 0 Å². The minimum Gasteiger partial charge on any atom is -0.380 e. The average Bonchev–Trinajstić information content (AvgIpc) is 2.14. The van der Waals surface area contributed by atoms with Gasteiger partial charge in [0.2, 0.25) is 0 Å². The van der Waals surface area contributed by atoms with Gasteiger partial charge in [-0.05, 0) is 39.4 Å². The number of nitrogens with one attached hydrogen (secondary N) is 1. The van der Waals surface area contributed by atoms with Gasteiger partial charge in [0.1, 0.15) is 0 Å². The Morgan fingerprint density at radius 1 is 1.62 bits per heavy atom. The van der Waals surface area contributed by atoms with Crippen LogP contribution in [0.1, 0.15) is 12.8 Å². The van der Waals surface area contributed by atoms with Gasteiger partial charge in [0.15, 0.2) is 0 Å². The molecule has 0 spiro atoms. The molecule has 13 heavy (non-hydrogen) atoms. The van der Waals surface area contributed by atoms with E-state index in [0.29, 0.717) is 12.0 Å². The molecule has 3 heteroatoms. The summed E-state index contributed by atoms with van der Waals surface area (Å²) < 4.78 is 5.49. The molecule has 0 aromatic heterocycles. The Hall–Kier alpha value is -0.120. The van der Waals surface area contributed by atoms with Gasteiger partial charge in [-0.2, -0.15) is 0 Å². The van der Waals surface area contributed by atoms with Gasteiger partial charge in [-0.3, -0.25) is 0 Å². The molecule has 0 aromatic carbocycles. The van der Waals surface area contributed by atoms with Crippen LogP contribution in [-0.4, -0.2) is 51.8 Å². The van der Waals surface area contributed by atoms with E-state index in [1.54, 1.807) is 0 Å². The van der Waals surface area contributed by atoms with Crippen LogP contribution in [-0.2, 0) is 4.74 Å². The monoisotopic (exact) mass is 186 g/mol. The number of hydrogen-bond acceptors (Lipinski definition) is 3. The van der Waals surface area contributed by atoms with Gasteiger partial charge >= 0.3 is 0 Å². The Kier molecular flexibility index (Phi) is 4.70. The van der Waals surface area contributed by atoms with E-state index >= 15 is 0 Å². The first-order valence-corrected chi connectivity index (χ1v) is 5.14. The molecule has 1 aliphatic rings. The fourth-order valence-corrected chi connectivity index (χ4v) is 2.15. The third kappa shape index (κ3) is 3.25. The number of rotatable bonds is 4. The predicted molar refractivity (Wildman–Crippen MR) is 54.9 cm³/mol. The van der Waals surface area contributed by atoms with Crippen LogP contribution in [0.3, 0.4) is 0 Å². The zero-order chi connectivity index (χ0) is 9.68. The normalized spacial score (nSPS) is 27.5. The molecular weight excluding hydrogens is 164 g/mol. The average molecular weight is 186 g/mol. The van der Waals surface area contributed by atoms with Crippen molar-refractivity contribution in [3.05, 3.63) is 0 Å².